The van der Waals surface area contributed by atoms with Gasteiger partial charge in [-0.1, -0.05) is 26.7 Å². The highest BCUT2D eigenvalue weighted by molar-refractivity contribution is 8.15. The molecule has 1 aromatic heterocycles. The second-order valence-corrected chi connectivity index (χ2v) is 9.59. The van der Waals surface area contributed by atoms with Crippen LogP contribution >= 0.6 is 22.0 Å². The first-order valence-corrected chi connectivity index (χ1v) is 10.3. The summed E-state index contributed by atoms with van der Waals surface area (Å²) in [6.45, 7) is 4.86. The Kier molecular flexibility index (Phi) is 5.33. The predicted octanol–water partition coefficient (Wildman–Crippen LogP) is 3.72. The summed E-state index contributed by atoms with van der Waals surface area (Å²) in [6, 6.07) is 1.66. The zero-order valence-electron chi connectivity index (χ0n) is 12.2. The van der Waals surface area contributed by atoms with Crippen LogP contribution in [0.5, 0.6) is 0 Å². The average molecular weight is 350 g/mol. The van der Waals surface area contributed by atoms with Crippen LogP contribution in [0.2, 0.25) is 0 Å². The molecule has 1 saturated carbocycles. The number of carbonyl (C=O) groups is 1. The molecule has 0 radical (unpaired) electrons. The fraction of sp³-hybridized carbons (Fsp3) is 0.643. The van der Waals surface area contributed by atoms with Gasteiger partial charge < -0.3 is 4.90 Å². The molecule has 1 amide bonds. The van der Waals surface area contributed by atoms with Gasteiger partial charge in [0.1, 0.15) is 4.21 Å². The quantitative estimate of drug-likeness (QED) is 0.761. The highest BCUT2D eigenvalue weighted by Crippen LogP contribution is 2.29. The van der Waals surface area contributed by atoms with Gasteiger partial charge in [0.2, 0.25) is 0 Å². The van der Waals surface area contributed by atoms with E-state index in [0.29, 0.717) is 18.0 Å². The monoisotopic (exact) mass is 349 g/mol. The minimum Gasteiger partial charge on any atom is -0.335 e. The average Bonchev–Trinajstić information content (AvgIpc) is 3.04. The van der Waals surface area contributed by atoms with Crippen LogP contribution in [0.25, 0.3) is 0 Å². The maximum Gasteiger partial charge on any atom is 0.270 e. The van der Waals surface area contributed by atoms with Gasteiger partial charge in [0.15, 0.2) is 0 Å². The van der Waals surface area contributed by atoms with Crippen LogP contribution in [0.4, 0.5) is 0 Å². The molecule has 0 spiro atoms. The molecule has 1 aliphatic carbocycles. The van der Waals surface area contributed by atoms with Crippen molar-refractivity contribution in [2.24, 2.45) is 5.92 Å². The molecule has 1 aliphatic rings. The van der Waals surface area contributed by atoms with Gasteiger partial charge in [-0.2, -0.15) is 0 Å². The van der Waals surface area contributed by atoms with Crippen molar-refractivity contribution < 1.29 is 13.2 Å². The van der Waals surface area contributed by atoms with Crippen LogP contribution in [0, 0.1) is 5.92 Å². The molecule has 7 heteroatoms. The highest BCUT2D eigenvalue weighted by atomic mass is 35.7. The first kappa shape index (κ1) is 16.8. The topological polar surface area (TPSA) is 54.5 Å². The largest absolute Gasteiger partial charge is 0.335 e. The molecule has 1 aromatic rings. The third-order valence-electron chi connectivity index (χ3n) is 3.65. The number of nitrogens with zero attached hydrogens (tertiary/aromatic N) is 1. The van der Waals surface area contributed by atoms with Crippen LogP contribution < -0.4 is 0 Å². The van der Waals surface area contributed by atoms with Crippen molar-refractivity contribution in [1.82, 2.24) is 4.90 Å². The van der Waals surface area contributed by atoms with Gasteiger partial charge in [0.25, 0.3) is 15.0 Å². The van der Waals surface area contributed by atoms with Crippen molar-refractivity contribution in [3.05, 3.63) is 17.0 Å². The number of amides is 1. The zero-order valence-corrected chi connectivity index (χ0v) is 14.6. The minimum atomic E-state index is -3.76. The van der Waals surface area contributed by atoms with Gasteiger partial charge in [-0.25, -0.2) is 8.42 Å². The Hall–Kier alpha value is -0.590. The Bertz CT molecular complexity index is 603. The summed E-state index contributed by atoms with van der Waals surface area (Å²) in [5.41, 5.74) is 0.423. The van der Waals surface area contributed by atoms with Crippen LogP contribution in [0.1, 0.15) is 49.9 Å². The summed E-state index contributed by atoms with van der Waals surface area (Å²) in [5, 5.41) is 1.58. The molecule has 4 nitrogen and oxygen atoms in total. The lowest BCUT2D eigenvalue weighted by atomic mass is 10.1. The summed E-state index contributed by atoms with van der Waals surface area (Å²) >= 11 is 0.996. The molecule has 0 atom stereocenters. The SMILES string of the molecule is CC(C)CN(C(=O)c1csc(S(=O)(=O)Cl)c1)C1CCCC1. The van der Waals surface area contributed by atoms with Crippen molar-refractivity contribution in [2.75, 3.05) is 6.54 Å². The highest BCUT2D eigenvalue weighted by Gasteiger charge is 2.29. The summed E-state index contributed by atoms with van der Waals surface area (Å²) in [6.07, 6.45) is 4.36. The van der Waals surface area contributed by atoms with Gasteiger partial charge in [-0.05, 0) is 24.8 Å². The summed E-state index contributed by atoms with van der Waals surface area (Å²) < 4.78 is 22.7. The van der Waals surface area contributed by atoms with Crippen molar-refractivity contribution >= 4 is 37.0 Å². The van der Waals surface area contributed by atoms with Gasteiger partial charge in [0, 0.05) is 28.6 Å². The molecular formula is C14H20ClNO3S2. The van der Waals surface area contributed by atoms with E-state index < -0.39 is 9.05 Å². The second-order valence-electron chi connectivity index (χ2n) is 5.88. The molecule has 0 bridgehead atoms. The number of rotatable bonds is 5. The molecule has 1 heterocycles. The molecule has 118 valence electrons. The molecule has 1 fully saturated rings. The molecule has 0 N–H and O–H groups in total. The molecule has 0 aromatic carbocycles. The lowest BCUT2D eigenvalue weighted by Gasteiger charge is -2.30. The van der Waals surface area contributed by atoms with Gasteiger partial charge in [-0.15, -0.1) is 11.3 Å². The zero-order chi connectivity index (χ0) is 15.6. The number of carbonyl (C=O) groups excluding carboxylic acids is 1. The van der Waals surface area contributed by atoms with E-state index in [1.165, 1.54) is 6.07 Å². The lowest BCUT2D eigenvalue weighted by molar-refractivity contribution is 0.0656. The fourth-order valence-corrected chi connectivity index (χ4v) is 4.67. The van der Waals surface area contributed by atoms with Crippen LogP contribution in [0.15, 0.2) is 15.7 Å². The smallest absolute Gasteiger partial charge is 0.270 e. The molecular weight excluding hydrogens is 330 g/mol. The van der Waals surface area contributed by atoms with E-state index >= 15 is 0 Å². The molecule has 21 heavy (non-hydrogen) atoms. The maximum absolute atomic E-state index is 12.7. The van der Waals surface area contributed by atoms with Gasteiger partial charge >= 0.3 is 0 Å². The van der Waals surface area contributed by atoms with Gasteiger partial charge in [0.05, 0.1) is 5.56 Å². The van der Waals surface area contributed by atoms with Gasteiger partial charge in [-0.3, -0.25) is 4.79 Å². The molecule has 2 rings (SSSR count). The first-order chi connectivity index (χ1) is 9.79. The Morgan fingerprint density at radius 2 is 2.05 bits per heavy atom. The van der Waals surface area contributed by atoms with Crippen LogP contribution in [0.3, 0.4) is 0 Å². The van der Waals surface area contributed by atoms with E-state index in [9.17, 15) is 13.2 Å². The molecule has 0 saturated heterocycles. The Labute approximate surface area is 134 Å². The normalized spacial score (nSPS) is 16.6. The number of hydrogen-bond acceptors (Lipinski definition) is 4. The van der Waals surface area contributed by atoms with Crippen LogP contribution in [-0.4, -0.2) is 31.8 Å². The van der Waals surface area contributed by atoms with E-state index in [0.717, 1.165) is 37.0 Å². The van der Waals surface area contributed by atoms with E-state index in [-0.39, 0.29) is 16.2 Å². The second kappa shape index (κ2) is 6.67. The van der Waals surface area contributed by atoms with E-state index in [4.69, 9.17) is 10.7 Å². The van der Waals surface area contributed by atoms with E-state index in [1.807, 2.05) is 4.90 Å². The first-order valence-electron chi connectivity index (χ1n) is 7.13. The number of thiophene rings is 1. The van der Waals surface area contributed by atoms with Crippen molar-refractivity contribution in [3.63, 3.8) is 0 Å². The Morgan fingerprint density at radius 1 is 1.43 bits per heavy atom. The minimum absolute atomic E-state index is 0.0310. The summed E-state index contributed by atoms with van der Waals surface area (Å²) in [5.74, 6) is 0.294. The standard InChI is InChI=1S/C14H20ClNO3S2/c1-10(2)8-16(12-5-3-4-6-12)14(17)11-7-13(20-9-11)21(15,18)19/h7,9-10,12H,3-6,8H2,1-2H3. The number of halogens is 1. The fourth-order valence-electron chi connectivity index (χ4n) is 2.73. The van der Waals surface area contributed by atoms with Crippen molar-refractivity contribution in [2.45, 2.75) is 49.8 Å². The van der Waals surface area contributed by atoms with Crippen molar-refractivity contribution in [1.29, 1.82) is 0 Å². The third-order valence-corrected chi connectivity index (χ3v) is 6.69. The third kappa shape index (κ3) is 4.20. The lowest BCUT2D eigenvalue weighted by Crippen LogP contribution is -2.41. The maximum atomic E-state index is 12.7. The number of hydrogen-bond donors (Lipinski definition) is 0. The van der Waals surface area contributed by atoms with Crippen molar-refractivity contribution in [3.8, 4) is 0 Å². The predicted molar refractivity (Wildman–Crippen MR) is 85.5 cm³/mol. The summed E-state index contributed by atoms with van der Waals surface area (Å²) in [7, 11) is 1.56. The Balaban J connectivity index is 2.23. The summed E-state index contributed by atoms with van der Waals surface area (Å²) in [4.78, 5) is 14.6. The molecule has 0 unspecified atom stereocenters. The van der Waals surface area contributed by atoms with Crippen LogP contribution in [-0.2, 0) is 9.05 Å². The Morgan fingerprint density at radius 3 is 2.52 bits per heavy atom. The van der Waals surface area contributed by atoms with E-state index in [1.54, 1.807) is 5.38 Å². The van der Waals surface area contributed by atoms with E-state index in [2.05, 4.69) is 13.8 Å². The molecule has 0 aliphatic heterocycles.